The van der Waals surface area contributed by atoms with Crippen LogP contribution < -0.4 is 5.32 Å². The van der Waals surface area contributed by atoms with Gasteiger partial charge >= 0.3 is 5.97 Å². The number of ether oxygens (including phenoxy) is 1. The summed E-state index contributed by atoms with van der Waals surface area (Å²) >= 11 is 1.31. The predicted molar refractivity (Wildman–Crippen MR) is 83.4 cm³/mol. The van der Waals surface area contributed by atoms with E-state index in [9.17, 15) is 9.59 Å². The summed E-state index contributed by atoms with van der Waals surface area (Å²) in [5.41, 5.74) is 1.42. The molecule has 114 valence electrons. The van der Waals surface area contributed by atoms with E-state index in [4.69, 9.17) is 4.74 Å². The van der Waals surface area contributed by atoms with Crippen molar-refractivity contribution in [3.05, 3.63) is 34.0 Å². The predicted octanol–water partition coefficient (Wildman–Crippen LogP) is 3.30. The molecule has 0 saturated heterocycles. The molecule has 5 heteroatoms. The van der Waals surface area contributed by atoms with E-state index < -0.39 is 12.1 Å². The van der Waals surface area contributed by atoms with Gasteiger partial charge in [-0.15, -0.1) is 11.3 Å². The Kier molecular flexibility index (Phi) is 5.99. The van der Waals surface area contributed by atoms with Crippen molar-refractivity contribution in [1.29, 1.82) is 0 Å². The zero-order valence-corrected chi connectivity index (χ0v) is 13.1. The lowest BCUT2D eigenvalue weighted by atomic mass is 9.97. The average molecular weight is 307 g/mol. The fourth-order valence-corrected chi connectivity index (χ4v) is 2.89. The Labute approximate surface area is 129 Å². The molecule has 0 unspecified atom stereocenters. The number of thiophene rings is 1. The summed E-state index contributed by atoms with van der Waals surface area (Å²) in [6.07, 6.45) is 7.20. The second-order valence-corrected chi connectivity index (χ2v) is 6.12. The van der Waals surface area contributed by atoms with E-state index in [1.807, 2.05) is 0 Å². The molecule has 1 heterocycles. The number of carbonyl (C=O) groups excluding carboxylic acids is 2. The zero-order valence-electron chi connectivity index (χ0n) is 12.3. The maximum atomic E-state index is 11.9. The van der Waals surface area contributed by atoms with Crippen molar-refractivity contribution in [3.8, 4) is 0 Å². The Morgan fingerprint density at radius 2 is 2.29 bits per heavy atom. The van der Waals surface area contributed by atoms with Crippen LogP contribution in [0.4, 0.5) is 0 Å². The minimum atomic E-state index is -0.764. The van der Waals surface area contributed by atoms with E-state index in [0.717, 1.165) is 19.3 Å². The van der Waals surface area contributed by atoms with E-state index in [2.05, 4.69) is 11.4 Å². The average Bonchev–Trinajstić information content (AvgIpc) is 3.02. The molecule has 1 atom stereocenters. The van der Waals surface area contributed by atoms with E-state index in [1.54, 1.807) is 24.4 Å². The van der Waals surface area contributed by atoms with Crippen LogP contribution in [-0.4, -0.2) is 24.5 Å². The first-order chi connectivity index (χ1) is 10.2. The molecule has 1 aromatic rings. The smallest absolute Gasteiger partial charge is 0.349 e. The number of allylic oxidation sites excluding steroid dienone is 1. The summed E-state index contributed by atoms with van der Waals surface area (Å²) in [5, 5.41) is 4.63. The van der Waals surface area contributed by atoms with Gasteiger partial charge in [0.25, 0.3) is 5.91 Å². The molecule has 4 nitrogen and oxygen atoms in total. The van der Waals surface area contributed by atoms with Crippen molar-refractivity contribution in [2.75, 3.05) is 6.54 Å². The Balaban J connectivity index is 1.70. The largest absolute Gasteiger partial charge is 0.448 e. The highest BCUT2D eigenvalue weighted by atomic mass is 32.1. The molecule has 0 bridgehead atoms. The number of hydrogen-bond donors (Lipinski definition) is 1. The third-order valence-electron chi connectivity index (χ3n) is 3.51. The third-order valence-corrected chi connectivity index (χ3v) is 4.36. The number of rotatable bonds is 6. The summed E-state index contributed by atoms with van der Waals surface area (Å²) in [7, 11) is 0. The van der Waals surface area contributed by atoms with Crippen LogP contribution >= 0.6 is 11.3 Å². The fraction of sp³-hybridized carbons (Fsp3) is 0.500. The quantitative estimate of drug-likeness (QED) is 0.648. The molecule has 0 spiro atoms. The standard InChI is InChI=1S/C16H21NO3S/c1-12(20-16(19)14-8-5-11-21-14)15(18)17-10-9-13-6-3-2-4-7-13/h5-6,8,11-12H,2-4,7,9-10H2,1H3,(H,17,18)/t12-/m1/s1. The highest BCUT2D eigenvalue weighted by Crippen LogP contribution is 2.19. The summed E-state index contributed by atoms with van der Waals surface area (Å²) < 4.78 is 5.14. The first kappa shape index (κ1) is 15.8. The molecule has 1 amide bonds. The molecule has 2 rings (SSSR count). The zero-order chi connectivity index (χ0) is 15.1. The summed E-state index contributed by atoms with van der Waals surface area (Å²) in [6.45, 7) is 2.20. The normalized spacial score (nSPS) is 16.0. The molecule has 1 aliphatic carbocycles. The van der Waals surface area contributed by atoms with Crippen molar-refractivity contribution < 1.29 is 14.3 Å². The van der Waals surface area contributed by atoms with Crippen LogP contribution in [0.25, 0.3) is 0 Å². The highest BCUT2D eigenvalue weighted by molar-refractivity contribution is 7.11. The lowest BCUT2D eigenvalue weighted by molar-refractivity contribution is -0.129. The van der Waals surface area contributed by atoms with Gasteiger partial charge in [0.2, 0.25) is 0 Å². The van der Waals surface area contributed by atoms with Crippen LogP contribution in [0.3, 0.4) is 0 Å². The van der Waals surface area contributed by atoms with Crippen molar-refractivity contribution in [2.24, 2.45) is 0 Å². The van der Waals surface area contributed by atoms with Crippen LogP contribution in [0.2, 0.25) is 0 Å². The Bertz CT molecular complexity index is 508. The van der Waals surface area contributed by atoms with E-state index in [-0.39, 0.29) is 5.91 Å². The molecule has 0 aromatic carbocycles. The summed E-state index contributed by atoms with van der Waals surface area (Å²) in [6, 6.07) is 3.47. The number of nitrogens with one attached hydrogen (secondary N) is 1. The molecular formula is C16H21NO3S. The molecule has 0 aliphatic heterocycles. The van der Waals surface area contributed by atoms with Gasteiger partial charge in [0.05, 0.1) is 0 Å². The van der Waals surface area contributed by atoms with Crippen molar-refractivity contribution in [3.63, 3.8) is 0 Å². The Hall–Kier alpha value is -1.62. The Morgan fingerprint density at radius 3 is 2.95 bits per heavy atom. The highest BCUT2D eigenvalue weighted by Gasteiger charge is 2.19. The lowest BCUT2D eigenvalue weighted by Crippen LogP contribution is -2.36. The first-order valence-electron chi connectivity index (χ1n) is 7.37. The molecule has 1 aliphatic rings. The van der Waals surface area contributed by atoms with Gasteiger partial charge in [0, 0.05) is 6.54 Å². The van der Waals surface area contributed by atoms with Crippen LogP contribution in [0.15, 0.2) is 29.2 Å². The SMILES string of the molecule is C[C@@H](OC(=O)c1cccs1)C(=O)NCCC1=CCCCC1. The van der Waals surface area contributed by atoms with Gasteiger partial charge < -0.3 is 10.1 Å². The van der Waals surface area contributed by atoms with E-state index in [1.165, 1.54) is 29.8 Å². The van der Waals surface area contributed by atoms with Crippen LogP contribution in [-0.2, 0) is 9.53 Å². The van der Waals surface area contributed by atoms with Gasteiger partial charge in [-0.1, -0.05) is 17.7 Å². The topological polar surface area (TPSA) is 55.4 Å². The second kappa shape index (κ2) is 7.98. The van der Waals surface area contributed by atoms with Crippen molar-refractivity contribution in [1.82, 2.24) is 5.32 Å². The van der Waals surface area contributed by atoms with Gasteiger partial charge in [0.15, 0.2) is 6.10 Å². The van der Waals surface area contributed by atoms with E-state index >= 15 is 0 Å². The first-order valence-corrected chi connectivity index (χ1v) is 8.25. The van der Waals surface area contributed by atoms with Gasteiger partial charge in [-0.25, -0.2) is 4.79 Å². The molecule has 0 radical (unpaired) electrons. The molecule has 21 heavy (non-hydrogen) atoms. The maximum Gasteiger partial charge on any atom is 0.349 e. The van der Waals surface area contributed by atoms with Gasteiger partial charge in [-0.3, -0.25) is 4.79 Å². The van der Waals surface area contributed by atoms with Gasteiger partial charge in [-0.2, -0.15) is 0 Å². The molecule has 1 aromatic heterocycles. The van der Waals surface area contributed by atoms with Crippen molar-refractivity contribution >= 4 is 23.2 Å². The molecular weight excluding hydrogens is 286 g/mol. The van der Waals surface area contributed by atoms with Gasteiger partial charge in [-0.05, 0) is 50.5 Å². The monoisotopic (exact) mass is 307 g/mol. The number of esters is 1. The number of carbonyl (C=O) groups is 2. The van der Waals surface area contributed by atoms with Crippen molar-refractivity contribution in [2.45, 2.75) is 45.1 Å². The summed E-state index contributed by atoms with van der Waals surface area (Å²) in [4.78, 5) is 24.1. The minimum Gasteiger partial charge on any atom is -0.448 e. The van der Waals surface area contributed by atoms with Gasteiger partial charge in [0.1, 0.15) is 4.88 Å². The molecule has 0 saturated carbocycles. The van der Waals surface area contributed by atoms with E-state index in [0.29, 0.717) is 11.4 Å². The molecule has 0 fully saturated rings. The minimum absolute atomic E-state index is 0.240. The fourth-order valence-electron chi connectivity index (χ4n) is 2.29. The third kappa shape index (κ3) is 5.01. The lowest BCUT2D eigenvalue weighted by Gasteiger charge is -2.15. The van der Waals surface area contributed by atoms with Crippen LogP contribution in [0.1, 0.15) is 48.7 Å². The number of amides is 1. The van der Waals surface area contributed by atoms with Crippen LogP contribution in [0, 0.1) is 0 Å². The maximum absolute atomic E-state index is 11.9. The second-order valence-electron chi connectivity index (χ2n) is 5.17. The van der Waals surface area contributed by atoms with Crippen LogP contribution in [0.5, 0.6) is 0 Å². The summed E-state index contributed by atoms with van der Waals surface area (Å²) in [5.74, 6) is -0.682. The number of hydrogen-bond acceptors (Lipinski definition) is 4. The Morgan fingerprint density at radius 1 is 1.43 bits per heavy atom. The molecule has 1 N–H and O–H groups in total.